The van der Waals surface area contributed by atoms with Crippen LogP contribution in [0.25, 0.3) is 11.0 Å². The molecule has 2 aromatic carbocycles. The number of aryl methyl sites for hydroxylation is 2. The highest BCUT2D eigenvalue weighted by Gasteiger charge is 2.18. The molecule has 0 spiro atoms. The number of carbonyl (C=O) groups is 1. The minimum atomic E-state index is -4.01. The molecule has 9 heteroatoms. The van der Waals surface area contributed by atoms with E-state index in [1.807, 2.05) is 19.9 Å². The Morgan fingerprint density at radius 3 is 2.57 bits per heavy atom. The number of hydrogen-bond acceptors (Lipinski definition) is 6. The molecular formula is C19H16ClNO6S. The van der Waals surface area contributed by atoms with Crippen LogP contribution in [0.1, 0.15) is 27.0 Å². The number of rotatable bonds is 4. The molecule has 3 aromatic rings. The van der Waals surface area contributed by atoms with Gasteiger partial charge in [0.05, 0.1) is 15.5 Å². The van der Waals surface area contributed by atoms with Crippen LogP contribution < -0.4 is 10.8 Å². The van der Waals surface area contributed by atoms with Crippen molar-refractivity contribution in [3.63, 3.8) is 0 Å². The molecular weight excluding hydrogens is 406 g/mol. The number of hydrogen-bond donors (Lipinski definition) is 1. The maximum atomic E-state index is 12.4. The van der Waals surface area contributed by atoms with E-state index in [4.69, 9.17) is 25.9 Å². The molecule has 0 aliphatic carbocycles. The van der Waals surface area contributed by atoms with E-state index in [2.05, 4.69) is 0 Å². The lowest BCUT2D eigenvalue weighted by Crippen LogP contribution is -2.14. The summed E-state index contributed by atoms with van der Waals surface area (Å²) in [5.41, 5.74) is 1.94. The van der Waals surface area contributed by atoms with Gasteiger partial charge in [0.2, 0.25) is 10.0 Å². The molecule has 0 saturated carbocycles. The summed E-state index contributed by atoms with van der Waals surface area (Å²) in [5, 5.41) is 5.73. The number of carbonyl (C=O) groups excluding carboxylic acids is 1. The molecule has 0 aliphatic rings. The van der Waals surface area contributed by atoms with Crippen molar-refractivity contribution in [1.82, 2.24) is 0 Å². The number of ether oxygens (including phenoxy) is 1. The lowest BCUT2D eigenvalue weighted by atomic mass is 10.0. The van der Waals surface area contributed by atoms with Crippen molar-refractivity contribution in [2.24, 2.45) is 5.14 Å². The molecule has 0 atom stereocenters. The smallest absolute Gasteiger partial charge is 0.340 e. The third-order valence-electron chi connectivity index (χ3n) is 4.36. The zero-order valence-electron chi connectivity index (χ0n) is 15.0. The van der Waals surface area contributed by atoms with Gasteiger partial charge >= 0.3 is 11.6 Å². The van der Waals surface area contributed by atoms with Crippen molar-refractivity contribution in [2.75, 3.05) is 0 Å². The minimum Gasteiger partial charge on any atom is -0.457 e. The third kappa shape index (κ3) is 3.94. The van der Waals surface area contributed by atoms with E-state index in [0.29, 0.717) is 16.5 Å². The van der Waals surface area contributed by atoms with Crippen LogP contribution in [0.15, 0.2) is 50.5 Å². The van der Waals surface area contributed by atoms with Crippen LogP contribution >= 0.6 is 11.6 Å². The normalized spacial score (nSPS) is 11.6. The monoisotopic (exact) mass is 421 g/mol. The van der Waals surface area contributed by atoms with E-state index in [0.717, 1.165) is 17.2 Å². The summed E-state index contributed by atoms with van der Waals surface area (Å²) in [6.45, 7) is 3.50. The van der Waals surface area contributed by atoms with Gasteiger partial charge in [-0.2, -0.15) is 0 Å². The fraction of sp³-hybridized carbons (Fsp3) is 0.158. The molecule has 0 radical (unpaired) electrons. The Labute approximate surface area is 165 Å². The van der Waals surface area contributed by atoms with Crippen molar-refractivity contribution in [1.29, 1.82) is 0 Å². The van der Waals surface area contributed by atoms with Gasteiger partial charge in [0.25, 0.3) is 0 Å². The van der Waals surface area contributed by atoms with Crippen molar-refractivity contribution in [3.05, 3.63) is 74.1 Å². The molecule has 2 N–H and O–H groups in total. The molecule has 7 nitrogen and oxygen atoms in total. The Kier molecular flexibility index (Phi) is 5.29. The second-order valence-electron chi connectivity index (χ2n) is 6.24. The first-order valence-corrected chi connectivity index (χ1v) is 10.0. The molecule has 1 heterocycles. The summed E-state index contributed by atoms with van der Waals surface area (Å²) in [4.78, 5) is 24.0. The van der Waals surface area contributed by atoms with Crippen molar-refractivity contribution in [2.45, 2.75) is 25.3 Å². The Morgan fingerprint density at radius 1 is 1.18 bits per heavy atom. The van der Waals surface area contributed by atoms with Crippen LogP contribution in [0.2, 0.25) is 5.02 Å². The van der Waals surface area contributed by atoms with Gasteiger partial charge in [-0.05, 0) is 43.2 Å². The van der Waals surface area contributed by atoms with Crippen molar-refractivity contribution < 1.29 is 22.4 Å². The van der Waals surface area contributed by atoms with Crippen molar-refractivity contribution in [3.8, 4) is 0 Å². The summed E-state index contributed by atoms with van der Waals surface area (Å²) in [6, 6.07) is 8.37. The maximum Gasteiger partial charge on any atom is 0.340 e. The molecule has 0 bridgehead atoms. The molecule has 146 valence electrons. The average molecular weight is 422 g/mol. The fourth-order valence-electron chi connectivity index (χ4n) is 2.70. The van der Waals surface area contributed by atoms with Crippen LogP contribution in [-0.4, -0.2) is 14.4 Å². The highest BCUT2D eigenvalue weighted by atomic mass is 35.5. The van der Waals surface area contributed by atoms with E-state index < -0.39 is 21.6 Å². The topological polar surface area (TPSA) is 117 Å². The molecule has 0 amide bonds. The van der Waals surface area contributed by atoms with Gasteiger partial charge in [-0.15, -0.1) is 0 Å². The highest BCUT2D eigenvalue weighted by molar-refractivity contribution is 7.89. The van der Waals surface area contributed by atoms with E-state index >= 15 is 0 Å². The molecule has 0 fully saturated rings. The van der Waals surface area contributed by atoms with E-state index in [1.165, 1.54) is 18.2 Å². The van der Waals surface area contributed by atoms with Gasteiger partial charge in [0.15, 0.2) is 0 Å². The second-order valence-corrected chi connectivity index (χ2v) is 8.21. The van der Waals surface area contributed by atoms with E-state index in [-0.39, 0.29) is 22.1 Å². The van der Waals surface area contributed by atoms with Gasteiger partial charge in [-0.25, -0.2) is 23.1 Å². The summed E-state index contributed by atoms with van der Waals surface area (Å²) < 4.78 is 33.5. The summed E-state index contributed by atoms with van der Waals surface area (Å²) in [6.07, 6.45) is 0. The van der Waals surface area contributed by atoms with Crippen LogP contribution in [0.5, 0.6) is 0 Å². The molecule has 0 saturated heterocycles. The Morgan fingerprint density at radius 2 is 1.89 bits per heavy atom. The van der Waals surface area contributed by atoms with Gasteiger partial charge in [0, 0.05) is 17.0 Å². The zero-order valence-corrected chi connectivity index (χ0v) is 16.6. The molecule has 3 rings (SSSR count). The number of esters is 1. The van der Waals surface area contributed by atoms with Gasteiger partial charge < -0.3 is 9.15 Å². The number of benzene rings is 2. The van der Waals surface area contributed by atoms with Crippen LogP contribution in [0.4, 0.5) is 0 Å². The van der Waals surface area contributed by atoms with Crippen LogP contribution in [-0.2, 0) is 21.4 Å². The summed E-state index contributed by atoms with van der Waals surface area (Å²) in [5.74, 6) is -0.847. The van der Waals surface area contributed by atoms with E-state index in [1.54, 1.807) is 6.07 Å². The first-order chi connectivity index (χ1) is 13.1. The molecule has 0 unspecified atom stereocenters. The largest absolute Gasteiger partial charge is 0.457 e. The lowest BCUT2D eigenvalue weighted by Gasteiger charge is -2.11. The highest BCUT2D eigenvalue weighted by Crippen LogP contribution is 2.25. The summed E-state index contributed by atoms with van der Waals surface area (Å²) >= 11 is 5.98. The third-order valence-corrected chi connectivity index (χ3v) is 5.60. The van der Waals surface area contributed by atoms with Gasteiger partial charge in [-0.3, -0.25) is 0 Å². The number of nitrogens with two attached hydrogens (primary N) is 1. The molecule has 0 aliphatic heterocycles. The Hall–Kier alpha value is -2.68. The second kappa shape index (κ2) is 7.38. The lowest BCUT2D eigenvalue weighted by molar-refractivity contribution is 0.0473. The Balaban J connectivity index is 1.94. The SMILES string of the molecule is Cc1ccc2c(COC(=O)c3cc(S(N)(=O)=O)ccc3Cl)cc(=O)oc2c1C. The first kappa shape index (κ1) is 20.1. The van der Waals surface area contributed by atoms with Gasteiger partial charge in [0.1, 0.15) is 12.2 Å². The number of primary sulfonamides is 1. The predicted molar refractivity (Wildman–Crippen MR) is 104 cm³/mol. The van der Waals surface area contributed by atoms with Crippen LogP contribution in [0.3, 0.4) is 0 Å². The standard InChI is InChI=1S/C19H16ClNO6S/c1-10-3-5-14-12(7-17(22)27-18(14)11(10)2)9-26-19(23)15-8-13(28(21,24)25)4-6-16(15)20/h3-8H,9H2,1-2H3,(H2,21,24,25). The van der Waals surface area contributed by atoms with Gasteiger partial charge in [-0.1, -0.05) is 23.7 Å². The average Bonchev–Trinajstić information content (AvgIpc) is 2.62. The van der Waals surface area contributed by atoms with Crippen molar-refractivity contribution >= 4 is 38.6 Å². The Bertz CT molecular complexity index is 1260. The quantitative estimate of drug-likeness (QED) is 0.511. The maximum absolute atomic E-state index is 12.4. The molecule has 28 heavy (non-hydrogen) atoms. The number of sulfonamides is 1. The minimum absolute atomic E-state index is 0.0151. The first-order valence-electron chi connectivity index (χ1n) is 8.10. The number of fused-ring (bicyclic) bond motifs is 1. The fourth-order valence-corrected chi connectivity index (χ4v) is 3.44. The number of halogens is 1. The van der Waals surface area contributed by atoms with Crippen LogP contribution in [0, 0.1) is 13.8 Å². The molecule has 1 aromatic heterocycles. The zero-order chi connectivity index (χ0) is 20.6. The summed E-state index contributed by atoms with van der Waals surface area (Å²) in [7, 11) is -4.01. The van der Waals surface area contributed by atoms with E-state index in [9.17, 15) is 18.0 Å². The predicted octanol–water partition coefficient (Wildman–Crippen LogP) is 3.07.